The number of carboxylic acid groups (broad SMARTS) is 1. The van der Waals surface area contributed by atoms with Crippen LogP contribution in [0.5, 0.6) is 0 Å². The highest BCUT2D eigenvalue weighted by Crippen LogP contribution is 2.12. The molecule has 0 fully saturated rings. The number of rotatable bonds is 2. The van der Waals surface area contributed by atoms with Gasteiger partial charge in [-0.05, 0) is 0 Å². The first-order valence-electron chi connectivity index (χ1n) is 2.14. The Labute approximate surface area is 59.1 Å². The van der Waals surface area contributed by atoms with Crippen molar-refractivity contribution in [3.05, 3.63) is 0 Å². The van der Waals surface area contributed by atoms with Gasteiger partial charge in [-0.1, -0.05) is 6.92 Å². The zero-order valence-electron chi connectivity index (χ0n) is 4.40. The molecule has 0 aromatic heterocycles. The Morgan fingerprint density at radius 1 is 1.62 bits per heavy atom. The molecule has 2 nitrogen and oxygen atoms in total. The standard InChI is InChI=1S/C4H8O2S2/c1-2(3(5)6)4(7)8/h2,4,7-8H,1H3,(H,5,6). The van der Waals surface area contributed by atoms with E-state index in [9.17, 15) is 4.79 Å². The molecule has 0 spiro atoms. The second kappa shape index (κ2) is 3.25. The van der Waals surface area contributed by atoms with Crippen LogP contribution in [0.3, 0.4) is 0 Å². The zero-order chi connectivity index (χ0) is 6.73. The first-order chi connectivity index (χ1) is 3.55. The summed E-state index contributed by atoms with van der Waals surface area (Å²) in [5, 5.41) is 8.25. The van der Waals surface area contributed by atoms with Gasteiger partial charge in [0.1, 0.15) is 0 Å². The number of thiol groups is 2. The predicted octanol–water partition coefficient (Wildman–Crippen LogP) is 0.893. The average molecular weight is 152 g/mol. The summed E-state index contributed by atoms with van der Waals surface area (Å²) in [5.74, 6) is -1.35. The smallest absolute Gasteiger partial charge is 0.308 e. The number of carboxylic acids is 1. The summed E-state index contributed by atoms with van der Waals surface area (Å²) in [7, 11) is 0. The molecule has 1 N–H and O–H groups in total. The van der Waals surface area contributed by atoms with Crippen LogP contribution in [-0.2, 0) is 4.79 Å². The maximum absolute atomic E-state index is 10.0. The van der Waals surface area contributed by atoms with Crippen molar-refractivity contribution in [3.8, 4) is 0 Å². The summed E-state index contributed by atoms with van der Waals surface area (Å²) in [6.07, 6.45) is 0. The first kappa shape index (κ1) is 8.17. The lowest BCUT2D eigenvalue weighted by Crippen LogP contribution is -2.16. The number of hydrogen-bond donors (Lipinski definition) is 3. The van der Waals surface area contributed by atoms with Gasteiger partial charge in [0.15, 0.2) is 0 Å². The molecular formula is C4H8O2S2. The molecule has 1 atom stereocenters. The second-order valence-corrected chi connectivity index (χ2v) is 3.06. The minimum Gasteiger partial charge on any atom is -0.481 e. The Hall–Kier alpha value is 0.170. The molecule has 0 saturated heterocycles. The van der Waals surface area contributed by atoms with E-state index < -0.39 is 11.9 Å². The second-order valence-electron chi connectivity index (χ2n) is 1.54. The van der Waals surface area contributed by atoms with Crippen molar-refractivity contribution >= 4 is 31.2 Å². The topological polar surface area (TPSA) is 37.3 Å². The Balaban J connectivity index is 3.64. The largest absolute Gasteiger partial charge is 0.481 e. The van der Waals surface area contributed by atoms with Crippen molar-refractivity contribution in [2.75, 3.05) is 0 Å². The predicted molar refractivity (Wildman–Crippen MR) is 38.6 cm³/mol. The summed E-state index contributed by atoms with van der Waals surface area (Å²) in [6, 6.07) is 0. The van der Waals surface area contributed by atoms with Gasteiger partial charge in [-0.25, -0.2) is 0 Å². The lowest BCUT2D eigenvalue weighted by atomic mass is 10.2. The van der Waals surface area contributed by atoms with Crippen molar-refractivity contribution in [3.63, 3.8) is 0 Å². The van der Waals surface area contributed by atoms with Crippen LogP contribution in [0.4, 0.5) is 0 Å². The van der Waals surface area contributed by atoms with E-state index in [-0.39, 0.29) is 4.58 Å². The van der Waals surface area contributed by atoms with Gasteiger partial charge < -0.3 is 5.11 Å². The van der Waals surface area contributed by atoms with E-state index >= 15 is 0 Å². The Bertz CT molecular complexity index is 92.0. The molecule has 0 rings (SSSR count). The molecule has 48 valence electrons. The van der Waals surface area contributed by atoms with Gasteiger partial charge in [-0.3, -0.25) is 4.79 Å². The fraction of sp³-hybridized carbons (Fsp3) is 0.750. The molecule has 0 saturated carbocycles. The van der Waals surface area contributed by atoms with E-state index in [0.29, 0.717) is 0 Å². The maximum atomic E-state index is 10.0. The van der Waals surface area contributed by atoms with Crippen LogP contribution >= 0.6 is 25.3 Å². The zero-order valence-corrected chi connectivity index (χ0v) is 6.19. The molecule has 0 amide bonds. The normalized spacial score (nSPS) is 14.0. The van der Waals surface area contributed by atoms with Crippen LogP contribution in [0.15, 0.2) is 0 Å². The van der Waals surface area contributed by atoms with Gasteiger partial charge in [0.25, 0.3) is 0 Å². The van der Waals surface area contributed by atoms with Gasteiger partial charge >= 0.3 is 5.97 Å². The van der Waals surface area contributed by atoms with Crippen LogP contribution in [0, 0.1) is 5.92 Å². The van der Waals surface area contributed by atoms with Crippen molar-refractivity contribution in [2.24, 2.45) is 5.92 Å². The van der Waals surface area contributed by atoms with E-state index in [4.69, 9.17) is 5.11 Å². The summed E-state index contributed by atoms with van der Waals surface area (Å²) >= 11 is 7.63. The molecule has 0 aliphatic carbocycles. The Morgan fingerprint density at radius 3 is 2.00 bits per heavy atom. The quantitative estimate of drug-likeness (QED) is 0.406. The summed E-state index contributed by atoms with van der Waals surface area (Å²) in [5.41, 5.74) is 0. The molecule has 0 radical (unpaired) electrons. The molecule has 0 aromatic carbocycles. The van der Waals surface area contributed by atoms with Crippen molar-refractivity contribution in [2.45, 2.75) is 11.5 Å². The van der Waals surface area contributed by atoms with Crippen LogP contribution in [-0.4, -0.2) is 15.7 Å². The highest BCUT2D eigenvalue weighted by Gasteiger charge is 2.15. The Kier molecular flexibility index (Phi) is 3.31. The van der Waals surface area contributed by atoms with Gasteiger partial charge in [-0.15, -0.1) is 0 Å². The molecule has 1 unspecified atom stereocenters. The van der Waals surface area contributed by atoms with Crippen molar-refractivity contribution < 1.29 is 9.90 Å². The SMILES string of the molecule is CC(C(=O)O)C(S)S. The third-order valence-electron chi connectivity index (χ3n) is 0.837. The monoisotopic (exact) mass is 152 g/mol. The number of hydrogen-bond acceptors (Lipinski definition) is 3. The highest BCUT2D eigenvalue weighted by atomic mass is 32.2. The Morgan fingerprint density at radius 2 is 2.00 bits per heavy atom. The molecule has 0 aliphatic rings. The van der Waals surface area contributed by atoms with E-state index in [1.807, 2.05) is 0 Å². The van der Waals surface area contributed by atoms with Gasteiger partial charge in [0.05, 0.1) is 10.5 Å². The first-order valence-corrected chi connectivity index (χ1v) is 3.18. The lowest BCUT2D eigenvalue weighted by Gasteiger charge is -2.06. The molecule has 0 heterocycles. The minimum atomic E-state index is -0.861. The summed E-state index contributed by atoms with van der Waals surface area (Å²) in [6.45, 7) is 1.56. The van der Waals surface area contributed by atoms with Crippen LogP contribution in [0.1, 0.15) is 6.92 Å². The van der Waals surface area contributed by atoms with Gasteiger partial charge in [-0.2, -0.15) is 25.3 Å². The van der Waals surface area contributed by atoms with Gasteiger partial charge in [0, 0.05) is 0 Å². The van der Waals surface area contributed by atoms with Crippen molar-refractivity contribution in [1.82, 2.24) is 0 Å². The minimum absolute atomic E-state index is 0.368. The number of aliphatic carboxylic acids is 1. The number of carbonyl (C=O) groups is 1. The summed E-state index contributed by atoms with van der Waals surface area (Å²) in [4.78, 5) is 10.0. The average Bonchev–Trinajstić information content (AvgIpc) is 1.64. The lowest BCUT2D eigenvalue weighted by molar-refractivity contribution is -0.140. The molecule has 4 heteroatoms. The van der Waals surface area contributed by atoms with Gasteiger partial charge in [0.2, 0.25) is 0 Å². The maximum Gasteiger partial charge on any atom is 0.308 e. The third-order valence-corrected chi connectivity index (χ3v) is 1.73. The van der Waals surface area contributed by atoms with Crippen molar-refractivity contribution in [1.29, 1.82) is 0 Å². The molecule has 0 aromatic rings. The van der Waals surface area contributed by atoms with Crippen LogP contribution in [0.25, 0.3) is 0 Å². The molecule has 0 aliphatic heterocycles. The fourth-order valence-corrected chi connectivity index (χ4v) is 0.383. The van der Waals surface area contributed by atoms with E-state index in [1.54, 1.807) is 6.92 Å². The molecular weight excluding hydrogens is 144 g/mol. The summed E-state index contributed by atoms with van der Waals surface area (Å²) < 4.78 is -0.368. The van der Waals surface area contributed by atoms with Crippen LogP contribution in [0.2, 0.25) is 0 Å². The fourth-order valence-electron chi connectivity index (χ4n) is 0.128. The molecule has 8 heavy (non-hydrogen) atoms. The van der Waals surface area contributed by atoms with E-state index in [0.717, 1.165) is 0 Å². The van der Waals surface area contributed by atoms with E-state index in [1.165, 1.54) is 0 Å². The third kappa shape index (κ3) is 2.47. The highest BCUT2D eigenvalue weighted by molar-refractivity contribution is 7.99. The van der Waals surface area contributed by atoms with E-state index in [2.05, 4.69) is 25.3 Å². The van der Waals surface area contributed by atoms with Crippen LogP contribution < -0.4 is 0 Å². The molecule has 0 bridgehead atoms.